The molecule has 1 aliphatic rings. The van der Waals surface area contributed by atoms with Crippen molar-refractivity contribution in [3.05, 3.63) is 16.6 Å². The van der Waals surface area contributed by atoms with Crippen LogP contribution in [-0.4, -0.2) is 16.9 Å². The molecule has 0 unspecified atom stereocenters. The number of rotatable bonds is 2. The van der Waals surface area contributed by atoms with Gasteiger partial charge in [0.05, 0.1) is 0 Å². The van der Waals surface area contributed by atoms with Gasteiger partial charge in [0.1, 0.15) is 0 Å². The van der Waals surface area contributed by atoms with E-state index in [0.717, 1.165) is 18.8 Å². The molecule has 0 radical (unpaired) electrons. The molecule has 2 rings (SSSR count). The average molecular weight is 196 g/mol. The molecular formula is C9H12N2OS. The maximum Gasteiger partial charge on any atom is 0.280 e. The molecule has 0 aromatic carbocycles. The molecule has 1 aliphatic carbocycles. The number of hydrogen-bond donors (Lipinski definition) is 1. The van der Waals surface area contributed by atoms with Crippen LogP contribution in [0.3, 0.4) is 0 Å². The predicted octanol–water partition coefficient (Wildman–Crippen LogP) is 1.67. The maximum absolute atomic E-state index is 11.5. The highest BCUT2D eigenvalue weighted by Gasteiger charge is 2.27. The van der Waals surface area contributed by atoms with Crippen molar-refractivity contribution in [2.75, 3.05) is 0 Å². The molecular weight excluding hydrogens is 184 g/mol. The van der Waals surface area contributed by atoms with Crippen LogP contribution in [0, 0.1) is 5.92 Å². The number of carbonyl (C=O) groups excluding carboxylic acids is 1. The van der Waals surface area contributed by atoms with Crippen LogP contribution in [0.15, 0.2) is 11.6 Å². The van der Waals surface area contributed by atoms with E-state index in [0.29, 0.717) is 11.0 Å². The van der Waals surface area contributed by atoms with Crippen molar-refractivity contribution in [2.45, 2.75) is 25.8 Å². The zero-order valence-electron chi connectivity index (χ0n) is 7.49. The van der Waals surface area contributed by atoms with Gasteiger partial charge < -0.3 is 5.32 Å². The summed E-state index contributed by atoms with van der Waals surface area (Å²) >= 11 is 1.39. The number of nitrogens with one attached hydrogen (secondary N) is 1. The zero-order chi connectivity index (χ0) is 9.26. The number of carbonyl (C=O) groups is 1. The van der Waals surface area contributed by atoms with Crippen LogP contribution in [0.5, 0.6) is 0 Å². The third-order valence-electron chi connectivity index (χ3n) is 2.34. The predicted molar refractivity (Wildman–Crippen MR) is 51.8 cm³/mol. The molecule has 4 heteroatoms. The van der Waals surface area contributed by atoms with Crippen molar-refractivity contribution < 1.29 is 4.79 Å². The number of amides is 1. The maximum atomic E-state index is 11.5. The second-order valence-corrected chi connectivity index (χ2v) is 4.48. The molecule has 1 saturated carbocycles. The fraction of sp³-hybridized carbons (Fsp3) is 0.556. The van der Waals surface area contributed by atoms with E-state index in [-0.39, 0.29) is 5.91 Å². The first kappa shape index (κ1) is 8.69. The van der Waals surface area contributed by atoms with E-state index in [9.17, 15) is 4.79 Å². The third kappa shape index (κ3) is 1.88. The summed E-state index contributed by atoms with van der Waals surface area (Å²) in [5.74, 6) is 0.744. The lowest BCUT2D eigenvalue weighted by atomic mass is 9.82. The minimum atomic E-state index is -0.0214. The second-order valence-electron chi connectivity index (χ2n) is 3.58. The van der Waals surface area contributed by atoms with Gasteiger partial charge in [-0.3, -0.25) is 4.79 Å². The average Bonchev–Trinajstić information content (AvgIpc) is 2.53. The number of nitrogens with zero attached hydrogens (tertiary/aromatic N) is 1. The van der Waals surface area contributed by atoms with Gasteiger partial charge in [-0.15, -0.1) is 11.3 Å². The van der Waals surface area contributed by atoms with E-state index < -0.39 is 0 Å². The fourth-order valence-corrected chi connectivity index (χ4v) is 2.14. The first-order chi connectivity index (χ1) is 6.25. The Morgan fingerprint density at radius 3 is 3.00 bits per heavy atom. The lowest BCUT2D eigenvalue weighted by Crippen LogP contribution is -2.43. The smallest absolute Gasteiger partial charge is 0.280 e. The standard InChI is InChI=1S/C9H12N2OS/c1-6-4-7(5-6)11-8(12)9-10-2-3-13-9/h2-3,6-7H,4-5H2,1H3,(H,11,12). The van der Waals surface area contributed by atoms with Crippen LogP contribution in [0.2, 0.25) is 0 Å². The summed E-state index contributed by atoms with van der Waals surface area (Å²) in [6.45, 7) is 2.20. The first-order valence-corrected chi connectivity index (χ1v) is 5.34. The molecule has 1 N–H and O–H groups in total. The van der Waals surface area contributed by atoms with Gasteiger partial charge in [-0.25, -0.2) is 4.98 Å². The summed E-state index contributed by atoms with van der Waals surface area (Å²) in [6.07, 6.45) is 3.87. The Morgan fingerprint density at radius 2 is 2.46 bits per heavy atom. The third-order valence-corrected chi connectivity index (χ3v) is 3.11. The van der Waals surface area contributed by atoms with E-state index in [1.54, 1.807) is 6.20 Å². The molecule has 0 aliphatic heterocycles. The summed E-state index contributed by atoms with van der Waals surface area (Å²) in [5, 5.41) is 5.34. The van der Waals surface area contributed by atoms with E-state index >= 15 is 0 Å². The minimum Gasteiger partial charge on any atom is -0.347 e. The Kier molecular flexibility index (Phi) is 2.31. The molecule has 1 aromatic rings. The highest BCUT2D eigenvalue weighted by Crippen LogP contribution is 2.26. The number of thiazole rings is 1. The van der Waals surface area contributed by atoms with Gasteiger partial charge in [-0.2, -0.15) is 0 Å². The molecule has 70 valence electrons. The Morgan fingerprint density at radius 1 is 1.69 bits per heavy atom. The van der Waals surface area contributed by atoms with Crippen LogP contribution < -0.4 is 5.32 Å². The van der Waals surface area contributed by atoms with Crippen LogP contribution in [0.4, 0.5) is 0 Å². The highest BCUT2D eigenvalue weighted by atomic mass is 32.1. The van der Waals surface area contributed by atoms with Crippen LogP contribution in [-0.2, 0) is 0 Å². The summed E-state index contributed by atoms with van der Waals surface area (Å²) in [6, 6.07) is 0.381. The normalized spacial score (nSPS) is 26.5. The zero-order valence-corrected chi connectivity index (χ0v) is 8.30. The lowest BCUT2D eigenvalue weighted by molar-refractivity contribution is 0.0895. The van der Waals surface area contributed by atoms with Crippen molar-refractivity contribution in [1.82, 2.24) is 10.3 Å². The van der Waals surface area contributed by atoms with Crippen LogP contribution in [0.25, 0.3) is 0 Å². The summed E-state index contributed by atoms with van der Waals surface area (Å²) in [5.41, 5.74) is 0. The molecule has 0 bridgehead atoms. The molecule has 1 aromatic heterocycles. The van der Waals surface area contributed by atoms with Crippen molar-refractivity contribution in [2.24, 2.45) is 5.92 Å². The Hall–Kier alpha value is -0.900. The highest BCUT2D eigenvalue weighted by molar-refractivity contribution is 7.11. The molecule has 1 fully saturated rings. The van der Waals surface area contributed by atoms with Crippen molar-refractivity contribution in [1.29, 1.82) is 0 Å². The molecule has 0 saturated heterocycles. The van der Waals surface area contributed by atoms with Gasteiger partial charge in [-0.1, -0.05) is 6.92 Å². The fourth-order valence-electron chi connectivity index (χ4n) is 1.60. The first-order valence-electron chi connectivity index (χ1n) is 4.46. The van der Waals surface area contributed by atoms with Gasteiger partial charge >= 0.3 is 0 Å². The molecule has 0 atom stereocenters. The Labute approximate surface area is 81.2 Å². The molecule has 1 heterocycles. The second kappa shape index (κ2) is 3.46. The molecule has 3 nitrogen and oxygen atoms in total. The van der Waals surface area contributed by atoms with Crippen molar-refractivity contribution >= 4 is 17.2 Å². The van der Waals surface area contributed by atoms with Crippen molar-refractivity contribution in [3.63, 3.8) is 0 Å². The monoisotopic (exact) mass is 196 g/mol. The van der Waals surface area contributed by atoms with Crippen LogP contribution in [0.1, 0.15) is 29.6 Å². The van der Waals surface area contributed by atoms with Crippen LogP contribution >= 0.6 is 11.3 Å². The molecule has 13 heavy (non-hydrogen) atoms. The largest absolute Gasteiger partial charge is 0.347 e. The van der Waals surface area contributed by atoms with E-state index in [2.05, 4.69) is 17.2 Å². The minimum absolute atomic E-state index is 0.0214. The van der Waals surface area contributed by atoms with Gasteiger partial charge in [0.2, 0.25) is 0 Å². The summed E-state index contributed by atoms with van der Waals surface area (Å²) in [7, 11) is 0. The topological polar surface area (TPSA) is 42.0 Å². The quantitative estimate of drug-likeness (QED) is 0.781. The van der Waals surface area contributed by atoms with E-state index in [1.165, 1.54) is 11.3 Å². The number of hydrogen-bond acceptors (Lipinski definition) is 3. The Balaban J connectivity index is 1.86. The summed E-state index contributed by atoms with van der Waals surface area (Å²) < 4.78 is 0. The van der Waals surface area contributed by atoms with Gasteiger partial charge in [0, 0.05) is 17.6 Å². The molecule has 1 amide bonds. The Bertz CT molecular complexity index is 291. The lowest BCUT2D eigenvalue weighted by Gasteiger charge is -2.32. The number of aromatic nitrogens is 1. The summed E-state index contributed by atoms with van der Waals surface area (Å²) in [4.78, 5) is 15.4. The SMILES string of the molecule is CC1CC(NC(=O)c2nccs2)C1. The van der Waals surface area contributed by atoms with Gasteiger partial charge in [0.25, 0.3) is 5.91 Å². The van der Waals surface area contributed by atoms with E-state index in [1.807, 2.05) is 5.38 Å². The van der Waals surface area contributed by atoms with Crippen molar-refractivity contribution in [3.8, 4) is 0 Å². The van der Waals surface area contributed by atoms with Gasteiger partial charge in [-0.05, 0) is 18.8 Å². The molecule has 0 spiro atoms. The van der Waals surface area contributed by atoms with Gasteiger partial charge in [0.15, 0.2) is 5.01 Å². The van der Waals surface area contributed by atoms with E-state index in [4.69, 9.17) is 0 Å².